The Bertz CT molecular complexity index is 465. The van der Waals surface area contributed by atoms with E-state index in [1.165, 1.54) is 0 Å². The van der Waals surface area contributed by atoms with E-state index in [1.807, 2.05) is 13.8 Å². The molecule has 0 atom stereocenters. The number of hydrogen-bond donors (Lipinski definition) is 2. The lowest BCUT2D eigenvalue weighted by atomic mass is 10.4. The van der Waals surface area contributed by atoms with E-state index in [0.717, 1.165) is 17.9 Å². The summed E-state index contributed by atoms with van der Waals surface area (Å²) in [5.41, 5.74) is 1.83. The van der Waals surface area contributed by atoms with Gasteiger partial charge in [-0.3, -0.25) is 10.1 Å². The Labute approximate surface area is 99.4 Å². The van der Waals surface area contributed by atoms with Crippen molar-refractivity contribution in [1.82, 2.24) is 25.5 Å². The molecule has 0 bridgehead atoms. The topological polar surface area (TPSA) is 75.7 Å². The van der Waals surface area contributed by atoms with Crippen molar-refractivity contribution in [3.8, 4) is 11.8 Å². The van der Waals surface area contributed by atoms with Crippen LogP contribution in [0.4, 0.5) is 0 Å². The molecule has 6 nitrogen and oxygen atoms in total. The Morgan fingerprint density at radius 3 is 2.76 bits per heavy atom. The summed E-state index contributed by atoms with van der Waals surface area (Å²) >= 11 is 0. The van der Waals surface area contributed by atoms with Gasteiger partial charge in [0.1, 0.15) is 0 Å². The van der Waals surface area contributed by atoms with Gasteiger partial charge in [0.15, 0.2) is 0 Å². The number of hydrogen-bond acceptors (Lipinski definition) is 5. The van der Waals surface area contributed by atoms with Crippen molar-refractivity contribution in [2.75, 3.05) is 6.54 Å². The van der Waals surface area contributed by atoms with Gasteiger partial charge in [-0.25, -0.2) is 4.98 Å². The number of nitrogens with one attached hydrogen (secondary N) is 2. The number of aromatic nitrogens is 4. The van der Waals surface area contributed by atoms with E-state index in [-0.39, 0.29) is 0 Å². The zero-order valence-electron chi connectivity index (χ0n) is 9.90. The van der Waals surface area contributed by atoms with Crippen LogP contribution in [0.15, 0.2) is 18.5 Å². The van der Waals surface area contributed by atoms with Crippen LogP contribution in [0.3, 0.4) is 0 Å². The van der Waals surface area contributed by atoms with Crippen molar-refractivity contribution in [3.05, 3.63) is 29.8 Å². The van der Waals surface area contributed by atoms with Crippen LogP contribution >= 0.6 is 0 Å². The molecule has 0 fully saturated rings. The van der Waals surface area contributed by atoms with E-state index < -0.39 is 0 Å². The maximum Gasteiger partial charge on any atom is 0.240 e. The molecule has 0 aliphatic heterocycles. The van der Waals surface area contributed by atoms with E-state index in [1.54, 1.807) is 18.5 Å². The maximum atomic E-state index is 5.42. The summed E-state index contributed by atoms with van der Waals surface area (Å²) in [6.07, 6.45) is 3.29. The van der Waals surface area contributed by atoms with E-state index in [0.29, 0.717) is 18.3 Å². The number of rotatable bonds is 5. The molecule has 0 saturated heterocycles. The van der Waals surface area contributed by atoms with Gasteiger partial charge in [0.05, 0.1) is 18.1 Å². The third kappa shape index (κ3) is 3.25. The molecular formula is C11H15N5O. The second-order valence-electron chi connectivity index (χ2n) is 3.62. The Morgan fingerprint density at radius 2 is 2.18 bits per heavy atom. The monoisotopic (exact) mass is 233 g/mol. The smallest absolute Gasteiger partial charge is 0.240 e. The Kier molecular flexibility index (Phi) is 3.66. The first-order chi connectivity index (χ1) is 8.28. The standard InChI is InChI=1S/C11H15N5O/c1-3-12-5-9-6-14-11(7-13-9)17-10-4-8(2)15-16-10/h4,6-7,12H,3,5H2,1-2H3,(H,15,16). The predicted octanol–water partition coefficient (Wildman–Crippen LogP) is 1.41. The summed E-state index contributed by atoms with van der Waals surface area (Å²) in [7, 11) is 0. The van der Waals surface area contributed by atoms with Crippen LogP contribution in [0, 0.1) is 6.92 Å². The zero-order chi connectivity index (χ0) is 12.1. The van der Waals surface area contributed by atoms with Gasteiger partial charge in [-0.1, -0.05) is 6.92 Å². The summed E-state index contributed by atoms with van der Waals surface area (Å²) in [4.78, 5) is 8.39. The first-order valence-corrected chi connectivity index (χ1v) is 5.49. The van der Waals surface area contributed by atoms with Crippen LogP contribution in [-0.4, -0.2) is 26.7 Å². The van der Waals surface area contributed by atoms with Crippen molar-refractivity contribution in [1.29, 1.82) is 0 Å². The third-order valence-electron chi connectivity index (χ3n) is 2.13. The number of aryl methyl sites for hydroxylation is 1. The molecular weight excluding hydrogens is 218 g/mol. The molecule has 0 saturated carbocycles. The molecule has 0 aliphatic carbocycles. The highest BCUT2D eigenvalue weighted by Gasteiger charge is 2.02. The highest BCUT2D eigenvalue weighted by molar-refractivity contribution is 5.19. The minimum atomic E-state index is 0.441. The molecule has 2 aromatic rings. The second-order valence-corrected chi connectivity index (χ2v) is 3.62. The molecule has 0 aliphatic rings. The lowest BCUT2D eigenvalue weighted by Gasteiger charge is -2.02. The minimum absolute atomic E-state index is 0.441. The lowest BCUT2D eigenvalue weighted by Crippen LogP contribution is -2.13. The molecule has 0 spiro atoms. The highest BCUT2D eigenvalue weighted by atomic mass is 16.5. The highest BCUT2D eigenvalue weighted by Crippen LogP contribution is 2.15. The van der Waals surface area contributed by atoms with E-state index in [4.69, 9.17) is 4.74 Å². The Balaban J connectivity index is 1.98. The molecule has 0 aromatic carbocycles. The molecule has 6 heteroatoms. The quantitative estimate of drug-likeness (QED) is 0.816. The second kappa shape index (κ2) is 5.40. The zero-order valence-corrected chi connectivity index (χ0v) is 9.90. The molecule has 2 rings (SSSR count). The first kappa shape index (κ1) is 11.5. The number of H-pyrrole nitrogens is 1. The van der Waals surface area contributed by atoms with Crippen LogP contribution < -0.4 is 10.1 Å². The fourth-order valence-electron chi connectivity index (χ4n) is 1.29. The Morgan fingerprint density at radius 1 is 1.29 bits per heavy atom. The lowest BCUT2D eigenvalue weighted by molar-refractivity contribution is 0.440. The average molecular weight is 233 g/mol. The molecule has 90 valence electrons. The minimum Gasteiger partial charge on any atom is -0.417 e. The van der Waals surface area contributed by atoms with Gasteiger partial charge in [-0.2, -0.15) is 0 Å². The SMILES string of the molecule is CCNCc1cnc(Oc2cc(C)[nH]n2)cn1. The van der Waals surface area contributed by atoms with Crippen LogP contribution in [0.5, 0.6) is 11.8 Å². The van der Waals surface area contributed by atoms with Gasteiger partial charge in [0.2, 0.25) is 11.8 Å². The molecule has 2 aromatic heterocycles. The van der Waals surface area contributed by atoms with Gasteiger partial charge < -0.3 is 10.1 Å². The summed E-state index contributed by atoms with van der Waals surface area (Å²) in [5, 5.41) is 9.93. The van der Waals surface area contributed by atoms with Gasteiger partial charge in [-0.15, -0.1) is 5.10 Å². The maximum absolute atomic E-state index is 5.42. The Hall–Kier alpha value is -1.95. The first-order valence-electron chi connectivity index (χ1n) is 5.49. The van der Waals surface area contributed by atoms with Crippen LogP contribution in [0.1, 0.15) is 18.3 Å². The van der Waals surface area contributed by atoms with Crippen molar-refractivity contribution in [3.63, 3.8) is 0 Å². The summed E-state index contributed by atoms with van der Waals surface area (Å²) < 4.78 is 5.42. The van der Waals surface area contributed by atoms with Crippen molar-refractivity contribution in [2.45, 2.75) is 20.4 Å². The fraction of sp³-hybridized carbons (Fsp3) is 0.364. The summed E-state index contributed by atoms with van der Waals surface area (Å²) in [6, 6.07) is 1.80. The molecule has 2 heterocycles. The van der Waals surface area contributed by atoms with Crippen LogP contribution in [0.2, 0.25) is 0 Å². The van der Waals surface area contributed by atoms with Crippen molar-refractivity contribution >= 4 is 0 Å². The molecule has 0 amide bonds. The van der Waals surface area contributed by atoms with E-state index in [2.05, 4.69) is 25.5 Å². The number of ether oxygens (including phenoxy) is 1. The van der Waals surface area contributed by atoms with E-state index >= 15 is 0 Å². The normalized spacial score (nSPS) is 10.5. The summed E-state index contributed by atoms with van der Waals surface area (Å²) in [5.74, 6) is 0.938. The molecule has 2 N–H and O–H groups in total. The predicted molar refractivity (Wildman–Crippen MR) is 62.8 cm³/mol. The van der Waals surface area contributed by atoms with Gasteiger partial charge in [0, 0.05) is 18.3 Å². The van der Waals surface area contributed by atoms with Gasteiger partial charge in [0.25, 0.3) is 0 Å². The van der Waals surface area contributed by atoms with Gasteiger partial charge in [-0.05, 0) is 13.5 Å². The largest absolute Gasteiger partial charge is 0.417 e. The molecule has 0 radical (unpaired) electrons. The molecule has 17 heavy (non-hydrogen) atoms. The average Bonchev–Trinajstić information content (AvgIpc) is 2.74. The van der Waals surface area contributed by atoms with Crippen LogP contribution in [0.25, 0.3) is 0 Å². The number of aromatic amines is 1. The summed E-state index contributed by atoms with van der Waals surface area (Å²) in [6.45, 7) is 5.58. The molecule has 0 unspecified atom stereocenters. The van der Waals surface area contributed by atoms with Crippen molar-refractivity contribution < 1.29 is 4.74 Å². The number of nitrogens with zero attached hydrogens (tertiary/aromatic N) is 3. The van der Waals surface area contributed by atoms with Crippen LogP contribution in [-0.2, 0) is 6.54 Å². The third-order valence-corrected chi connectivity index (χ3v) is 2.13. The van der Waals surface area contributed by atoms with Gasteiger partial charge >= 0.3 is 0 Å². The van der Waals surface area contributed by atoms with Crippen molar-refractivity contribution in [2.24, 2.45) is 0 Å². The van der Waals surface area contributed by atoms with E-state index in [9.17, 15) is 0 Å². The fourth-order valence-corrected chi connectivity index (χ4v) is 1.29.